The van der Waals surface area contributed by atoms with Crippen LogP contribution in [0.2, 0.25) is 0 Å². The lowest BCUT2D eigenvalue weighted by Gasteiger charge is -2.24. The summed E-state index contributed by atoms with van der Waals surface area (Å²) in [6, 6.07) is 8.47. The number of amides is 1. The van der Waals surface area contributed by atoms with Crippen LogP contribution < -0.4 is 10.6 Å². The Balaban J connectivity index is 2.50. The summed E-state index contributed by atoms with van der Waals surface area (Å²) in [5, 5.41) is 6.36. The predicted octanol–water partition coefficient (Wildman–Crippen LogP) is 4.46. The van der Waals surface area contributed by atoms with Crippen molar-refractivity contribution >= 4 is 11.8 Å². The molecule has 1 atom stereocenters. The second-order valence-corrected chi connectivity index (χ2v) is 7.32. The van der Waals surface area contributed by atoms with Crippen molar-refractivity contribution in [3.63, 3.8) is 0 Å². The highest BCUT2D eigenvalue weighted by Gasteiger charge is 2.19. The Morgan fingerprint density at radius 1 is 1.22 bits per heavy atom. The normalized spacial score (nSPS) is 12.8. The molecule has 4 heteroatoms. The highest BCUT2D eigenvalue weighted by molar-refractivity contribution is 5.67. The molecule has 0 aliphatic carbocycles. The first kappa shape index (κ1) is 19.3. The van der Waals surface area contributed by atoms with Gasteiger partial charge in [0.15, 0.2) is 0 Å². The van der Waals surface area contributed by atoms with Gasteiger partial charge in [-0.1, -0.05) is 32.9 Å². The first-order valence-corrected chi connectivity index (χ1v) is 8.51. The molecule has 0 aliphatic heterocycles. The summed E-state index contributed by atoms with van der Waals surface area (Å²) >= 11 is 0. The minimum absolute atomic E-state index is 0.341. The molecule has 23 heavy (non-hydrogen) atoms. The zero-order valence-corrected chi connectivity index (χ0v) is 15.4. The SMILES string of the molecule is CCc1cccc(NCC(CNC(=O)OC(C)(C)C)C(C)C)c1. The zero-order valence-electron chi connectivity index (χ0n) is 15.4. The number of hydrogen-bond acceptors (Lipinski definition) is 3. The number of carbonyl (C=O) groups excluding carboxylic acids is 1. The van der Waals surface area contributed by atoms with Crippen LogP contribution >= 0.6 is 0 Å². The third kappa shape index (κ3) is 7.91. The molecule has 0 radical (unpaired) electrons. The number of anilines is 1. The molecule has 4 nitrogen and oxygen atoms in total. The van der Waals surface area contributed by atoms with Gasteiger partial charge in [-0.3, -0.25) is 0 Å². The number of alkyl carbamates (subject to hydrolysis) is 1. The van der Waals surface area contributed by atoms with Gasteiger partial charge in [0.25, 0.3) is 0 Å². The van der Waals surface area contributed by atoms with Crippen molar-refractivity contribution < 1.29 is 9.53 Å². The summed E-state index contributed by atoms with van der Waals surface area (Å²) in [5.74, 6) is 0.805. The number of carbonyl (C=O) groups is 1. The molecule has 1 amide bonds. The molecular weight excluding hydrogens is 288 g/mol. The van der Waals surface area contributed by atoms with E-state index in [1.165, 1.54) is 5.56 Å². The van der Waals surface area contributed by atoms with E-state index in [0.717, 1.165) is 18.7 Å². The Morgan fingerprint density at radius 3 is 2.48 bits per heavy atom. The topological polar surface area (TPSA) is 50.4 Å². The van der Waals surface area contributed by atoms with Crippen molar-refractivity contribution in [2.45, 2.75) is 53.6 Å². The summed E-state index contributed by atoms with van der Waals surface area (Å²) in [6.07, 6.45) is 0.680. The summed E-state index contributed by atoms with van der Waals surface area (Å²) < 4.78 is 5.29. The molecule has 1 unspecified atom stereocenters. The first-order valence-electron chi connectivity index (χ1n) is 8.51. The average molecular weight is 320 g/mol. The van der Waals surface area contributed by atoms with Gasteiger partial charge in [-0.05, 0) is 56.7 Å². The number of ether oxygens (including phenoxy) is 1. The summed E-state index contributed by atoms with van der Waals surface area (Å²) in [4.78, 5) is 11.8. The highest BCUT2D eigenvalue weighted by Crippen LogP contribution is 2.15. The molecule has 0 bridgehead atoms. The van der Waals surface area contributed by atoms with Gasteiger partial charge < -0.3 is 15.4 Å². The van der Waals surface area contributed by atoms with Crippen LogP contribution in [0.3, 0.4) is 0 Å². The van der Waals surface area contributed by atoms with Crippen LogP contribution in [0.1, 0.15) is 47.1 Å². The molecule has 0 fully saturated rings. The number of nitrogens with one attached hydrogen (secondary N) is 2. The number of benzene rings is 1. The van der Waals surface area contributed by atoms with Gasteiger partial charge in [0, 0.05) is 18.8 Å². The molecular formula is C19H32N2O2. The van der Waals surface area contributed by atoms with Crippen LogP contribution in [0.25, 0.3) is 0 Å². The quantitative estimate of drug-likeness (QED) is 0.780. The fourth-order valence-corrected chi connectivity index (χ4v) is 2.22. The largest absolute Gasteiger partial charge is 0.444 e. The lowest BCUT2D eigenvalue weighted by molar-refractivity contribution is 0.0516. The van der Waals surface area contributed by atoms with E-state index < -0.39 is 5.60 Å². The van der Waals surface area contributed by atoms with E-state index in [1.807, 2.05) is 20.8 Å². The number of aryl methyl sites for hydroxylation is 1. The van der Waals surface area contributed by atoms with Crippen LogP contribution in [0, 0.1) is 11.8 Å². The third-order valence-corrected chi connectivity index (χ3v) is 3.75. The Hall–Kier alpha value is -1.71. The monoisotopic (exact) mass is 320 g/mol. The molecule has 0 aromatic heterocycles. The predicted molar refractivity (Wildman–Crippen MR) is 96.9 cm³/mol. The Bertz CT molecular complexity index is 492. The van der Waals surface area contributed by atoms with E-state index in [9.17, 15) is 4.79 Å². The smallest absolute Gasteiger partial charge is 0.407 e. The van der Waals surface area contributed by atoms with Gasteiger partial charge in [0.2, 0.25) is 0 Å². The second-order valence-electron chi connectivity index (χ2n) is 7.32. The van der Waals surface area contributed by atoms with Crippen LogP contribution in [0.15, 0.2) is 24.3 Å². The van der Waals surface area contributed by atoms with E-state index >= 15 is 0 Å². The molecule has 0 heterocycles. The molecule has 0 saturated heterocycles. The molecule has 1 aromatic carbocycles. The maximum Gasteiger partial charge on any atom is 0.407 e. The summed E-state index contributed by atoms with van der Waals surface area (Å²) in [5.41, 5.74) is 1.99. The molecule has 2 N–H and O–H groups in total. The maximum atomic E-state index is 11.8. The average Bonchev–Trinajstić information content (AvgIpc) is 2.45. The van der Waals surface area contributed by atoms with Crippen molar-refractivity contribution in [1.29, 1.82) is 0 Å². The van der Waals surface area contributed by atoms with E-state index in [-0.39, 0.29) is 6.09 Å². The lowest BCUT2D eigenvalue weighted by Crippen LogP contribution is -2.38. The molecule has 0 saturated carbocycles. The standard InChI is InChI=1S/C19H32N2O2/c1-7-15-9-8-10-17(11-15)20-12-16(14(2)3)13-21-18(22)23-19(4,5)6/h8-11,14,16,20H,7,12-13H2,1-6H3,(H,21,22). The van der Waals surface area contributed by atoms with Gasteiger partial charge in [-0.2, -0.15) is 0 Å². The van der Waals surface area contributed by atoms with Crippen molar-refractivity contribution in [3.8, 4) is 0 Å². The Kier molecular flexibility index (Phi) is 7.40. The van der Waals surface area contributed by atoms with Crippen LogP contribution in [-0.2, 0) is 11.2 Å². The van der Waals surface area contributed by atoms with Crippen molar-refractivity contribution in [2.24, 2.45) is 11.8 Å². The maximum absolute atomic E-state index is 11.8. The molecule has 0 aliphatic rings. The lowest BCUT2D eigenvalue weighted by atomic mass is 9.95. The van der Waals surface area contributed by atoms with Gasteiger partial charge >= 0.3 is 6.09 Å². The van der Waals surface area contributed by atoms with Gasteiger partial charge in [-0.15, -0.1) is 0 Å². The van der Waals surface area contributed by atoms with Gasteiger partial charge in [0.05, 0.1) is 0 Å². The highest BCUT2D eigenvalue weighted by atomic mass is 16.6. The fraction of sp³-hybridized carbons (Fsp3) is 0.632. The first-order chi connectivity index (χ1) is 10.7. The minimum atomic E-state index is -0.462. The van der Waals surface area contributed by atoms with Crippen LogP contribution in [0.4, 0.5) is 10.5 Å². The molecule has 1 rings (SSSR count). The fourth-order valence-electron chi connectivity index (χ4n) is 2.22. The van der Waals surface area contributed by atoms with E-state index in [1.54, 1.807) is 0 Å². The van der Waals surface area contributed by atoms with Crippen LogP contribution in [0.5, 0.6) is 0 Å². The number of hydrogen-bond donors (Lipinski definition) is 2. The van der Waals surface area contributed by atoms with Crippen molar-refractivity contribution in [1.82, 2.24) is 5.32 Å². The Morgan fingerprint density at radius 2 is 1.91 bits per heavy atom. The molecule has 0 spiro atoms. The number of rotatable bonds is 7. The third-order valence-electron chi connectivity index (χ3n) is 3.75. The summed E-state index contributed by atoms with van der Waals surface area (Å²) in [6.45, 7) is 13.5. The summed E-state index contributed by atoms with van der Waals surface area (Å²) in [7, 11) is 0. The molecule has 1 aromatic rings. The minimum Gasteiger partial charge on any atom is -0.444 e. The van der Waals surface area contributed by atoms with E-state index in [4.69, 9.17) is 4.74 Å². The zero-order chi connectivity index (χ0) is 17.5. The van der Waals surface area contributed by atoms with Crippen LogP contribution in [-0.4, -0.2) is 24.8 Å². The molecule has 130 valence electrons. The van der Waals surface area contributed by atoms with Crippen molar-refractivity contribution in [3.05, 3.63) is 29.8 Å². The van der Waals surface area contributed by atoms with E-state index in [2.05, 4.69) is 55.7 Å². The second kappa shape index (κ2) is 8.80. The van der Waals surface area contributed by atoms with E-state index in [0.29, 0.717) is 18.4 Å². The van der Waals surface area contributed by atoms with Crippen molar-refractivity contribution in [2.75, 3.05) is 18.4 Å². The van der Waals surface area contributed by atoms with Gasteiger partial charge in [0.1, 0.15) is 5.60 Å². The Labute approximate surface area is 141 Å². The van der Waals surface area contributed by atoms with Gasteiger partial charge in [-0.25, -0.2) is 4.79 Å².